The van der Waals surface area contributed by atoms with Gasteiger partial charge >= 0.3 is 0 Å². The van der Waals surface area contributed by atoms with E-state index in [1.807, 2.05) is 37.3 Å². The summed E-state index contributed by atoms with van der Waals surface area (Å²) in [5.74, 6) is 1.52. The molecule has 1 aliphatic heterocycles. The Kier molecular flexibility index (Phi) is 6.23. The monoisotopic (exact) mass is 412 g/mol. The number of thioether (sulfide) groups is 1. The minimum Gasteiger partial charge on any atom is -0.366 e. The largest absolute Gasteiger partial charge is 0.366 e. The topological polar surface area (TPSA) is 48.6 Å². The molecule has 6 heteroatoms. The van der Waals surface area contributed by atoms with Gasteiger partial charge in [-0.3, -0.25) is 9.36 Å². The van der Waals surface area contributed by atoms with Crippen molar-refractivity contribution >= 4 is 33.4 Å². The molecule has 5 nitrogen and oxygen atoms in total. The Morgan fingerprint density at radius 1 is 1.28 bits per heavy atom. The highest BCUT2D eigenvalue weighted by molar-refractivity contribution is 7.99. The zero-order chi connectivity index (χ0) is 20.4. The molecule has 29 heavy (non-hydrogen) atoms. The molecular formula is C23H30N3O2S+. The molecule has 2 heterocycles. The molecule has 0 saturated carbocycles. The first-order chi connectivity index (χ1) is 14.0. The number of nitrogens with zero attached hydrogens (tertiary/aromatic N) is 2. The highest BCUT2D eigenvalue weighted by atomic mass is 32.2. The Labute approximate surface area is 176 Å². The van der Waals surface area contributed by atoms with E-state index in [2.05, 4.69) is 19.9 Å². The lowest BCUT2D eigenvalue weighted by molar-refractivity contribution is -0.914. The van der Waals surface area contributed by atoms with Gasteiger partial charge in [0.25, 0.3) is 5.56 Å². The molecule has 1 aromatic heterocycles. The summed E-state index contributed by atoms with van der Waals surface area (Å²) < 4.78 is 7.80. The van der Waals surface area contributed by atoms with E-state index >= 15 is 0 Å². The van der Waals surface area contributed by atoms with Gasteiger partial charge in [-0.25, -0.2) is 4.98 Å². The van der Waals surface area contributed by atoms with E-state index < -0.39 is 0 Å². The number of fused-ring (bicyclic) bond motifs is 2. The summed E-state index contributed by atoms with van der Waals surface area (Å²) in [7, 11) is 0. The summed E-state index contributed by atoms with van der Waals surface area (Å²) in [5, 5.41) is 3.67. The number of ether oxygens (including phenoxy) is 1. The van der Waals surface area contributed by atoms with E-state index in [0.717, 1.165) is 46.9 Å². The molecule has 2 atom stereocenters. The van der Waals surface area contributed by atoms with Crippen molar-refractivity contribution in [3.05, 3.63) is 46.8 Å². The van der Waals surface area contributed by atoms with Crippen LogP contribution in [-0.4, -0.2) is 47.6 Å². The highest BCUT2D eigenvalue weighted by Crippen LogP contribution is 2.23. The smallest absolute Gasteiger partial charge is 0.262 e. The lowest BCUT2D eigenvalue weighted by atomic mass is 10.1. The van der Waals surface area contributed by atoms with Crippen LogP contribution in [0.3, 0.4) is 0 Å². The Morgan fingerprint density at radius 2 is 2.03 bits per heavy atom. The number of nitrogens with one attached hydrogen (secondary N) is 1. The van der Waals surface area contributed by atoms with E-state index in [4.69, 9.17) is 9.72 Å². The molecule has 0 aliphatic carbocycles. The third-order valence-electron chi connectivity index (χ3n) is 5.52. The van der Waals surface area contributed by atoms with Crippen molar-refractivity contribution in [1.29, 1.82) is 0 Å². The molecule has 154 valence electrons. The van der Waals surface area contributed by atoms with Gasteiger partial charge in [0.05, 0.1) is 24.1 Å². The molecule has 1 unspecified atom stereocenters. The molecule has 3 aromatic rings. The Hall–Kier alpha value is -1.89. The number of morpholine rings is 1. The number of aromatic nitrogens is 2. The van der Waals surface area contributed by atoms with E-state index in [9.17, 15) is 4.79 Å². The van der Waals surface area contributed by atoms with Gasteiger partial charge in [-0.1, -0.05) is 49.9 Å². The maximum atomic E-state index is 13.1. The van der Waals surface area contributed by atoms with E-state index in [-0.39, 0.29) is 11.7 Å². The van der Waals surface area contributed by atoms with E-state index in [1.54, 1.807) is 21.2 Å². The van der Waals surface area contributed by atoms with Gasteiger partial charge < -0.3 is 9.64 Å². The molecule has 0 spiro atoms. The van der Waals surface area contributed by atoms with Crippen molar-refractivity contribution in [3.8, 4) is 0 Å². The first-order valence-corrected chi connectivity index (χ1v) is 11.5. The summed E-state index contributed by atoms with van der Waals surface area (Å²) in [6.45, 7) is 11.3. The fourth-order valence-electron chi connectivity index (χ4n) is 4.17. The number of hydrogen-bond donors (Lipinski definition) is 1. The number of quaternary nitrogens is 1. The first kappa shape index (κ1) is 20.4. The summed E-state index contributed by atoms with van der Waals surface area (Å²) in [6, 6.07) is 12.1. The lowest BCUT2D eigenvalue weighted by Gasteiger charge is -2.31. The first-order valence-electron chi connectivity index (χ1n) is 10.6. The molecule has 2 aromatic carbocycles. The van der Waals surface area contributed by atoms with Gasteiger partial charge in [0, 0.05) is 18.2 Å². The predicted octanol–water partition coefficient (Wildman–Crippen LogP) is 2.60. The van der Waals surface area contributed by atoms with Gasteiger partial charge in [-0.2, -0.15) is 0 Å². The molecule has 0 amide bonds. The van der Waals surface area contributed by atoms with Gasteiger partial charge in [0.2, 0.25) is 0 Å². The molecule has 1 fully saturated rings. The number of hydrogen-bond acceptors (Lipinski definition) is 4. The molecule has 1 saturated heterocycles. The predicted molar refractivity (Wildman–Crippen MR) is 120 cm³/mol. The van der Waals surface area contributed by atoms with Crippen LogP contribution in [0.2, 0.25) is 0 Å². The van der Waals surface area contributed by atoms with Crippen molar-refractivity contribution < 1.29 is 9.64 Å². The van der Waals surface area contributed by atoms with Crippen molar-refractivity contribution in [2.24, 2.45) is 5.92 Å². The zero-order valence-corrected chi connectivity index (χ0v) is 18.3. The van der Waals surface area contributed by atoms with Crippen LogP contribution in [0, 0.1) is 5.92 Å². The quantitative estimate of drug-likeness (QED) is 0.384. The van der Waals surface area contributed by atoms with Crippen LogP contribution in [0.5, 0.6) is 0 Å². The van der Waals surface area contributed by atoms with Gasteiger partial charge in [0.1, 0.15) is 19.2 Å². The summed E-state index contributed by atoms with van der Waals surface area (Å²) >= 11 is 1.65. The summed E-state index contributed by atoms with van der Waals surface area (Å²) in [6.07, 6.45) is 0.206. The van der Waals surface area contributed by atoms with Crippen LogP contribution in [0.1, 0.15) is 20.8 Å². The second-order valence-corrected chi connectivity index (χ2v) is 9.25. The fraction of sp³-hybridized carbons (Fsp3) is 0.478. The lowest BCUT2D eigenvalue weighted by Crippen LogP contribution is -3.15. The standard InChI is InChI=1S/C23H29N3O2S/c1-4-26-22(27)20-11-17-7-5-6-8-18(17)12-21(20)24-23(26)29-15-19-14-25(9-10-28-19)13-16(2)3/h5-8,11-12,16,19H,4,9-10,13-15H2,1-3H3/p+1/t19-/m0/s1. The Morgan fingerprint density at radius 3 is 2.76 bits per heavy atom. The molecular weight excluding hydrogens is 382 g/mol. The SMILES string of the molecule is CCn1c(SC[C@@H]2C[NH+](CC(C)C)CCO2)nc2cc3ccccc3cc2c1=O. The zero-order valence-electron chi connectivity index (χ0n) is 17.5. The Bertz CT molecular complexity index is 1060. The van der Waals surface area contributed by atoms with Gasteiger partial charge in [-0.15, -0.1) is 0 Å². The van der Waals surface area contributed by atoms with Crippen LogP contribution < -0.4 is 10.5 Å². The minimum absolute atomic E-state index is 0.0439. The van der Waals surface area contributed by atoms with Crippen LogP contribution in [0.15, 0.2) is 46.3 Å². The van der Waals surface area contributed by atoms with Crippen LogP contribution in [0.4, 0.5) is 0 Å². The highest BCUT2D eigenvalue weighted by Gasteiger charge is 2.25. The number of rotatable bonds is 6. The van der Waals surface area contributed by atoms with Crippen molar-refractivity contribution in [2.45, 2.75) is 38.6 Å². The molecule has 0 radical (unpaired) electrons. The van der Waals surface area contributed by atoms with E-state index in [0.29, 0.717) is 17.8 Å². The second-order valence-electron chi connectivity index (χ2n) is 8.27. The maximum Gasteiger partial charge on any atom is 0.262 e. The average molecular weight is 413 g/mol. The van der Waals surface area contributed by atoms with Crippen LogP contribution in [0.25, 0.3) is 21.7 Å². The molecule has 4 rings (SSSR count). The van der Waals surface area contributed by atoms with Crippen LogP contribution >= 0.6 is 11.8 Å². The van der Waals surface area contributed by atoms with E-state index in [1.165, 1.54) is 6.54 Å². The van der Waals surface area contributed by atoms with Crippen molar-refractivity contribution in [2.75, 3.05) is 32.0 Å². The third kappa shape index (κ3) is 4.49. The van der Waals surface area contributed by atoms with Gasteiger partial charge in [0.15, 0.2) is 5.16 Å². The van der Waals surface area contributed by atoms with Crippen molar-refractivity contribution in [3.63, 3.8) is 0 Å². The second kappa shape index (κ2) is 8.86. The molecule has 0 bridgehead atoms. The third-order valence-corrected chi connectivity index (χ3v) is 6.63. The Balaban J connectivity index is 1.59. The number of benzene rings is 2. The van der Waals surface area contributed by atoms with Gasteiger partial charge in [-0.05, 0) is 29.8 Å². The molecule has 1 aliphatic rings. The minimum atomic E-state index is 0.0439. The normalized spacial score (nSPS) is 20.0. The maximum absolute atomic E-state index is 13.1. The fourth-order valence-corrected chi connectivity index (χ4v) is 5.25. The average Bonchev–Trinajstić information content (AvgIpc) is 2.71. The molecule has 1 N–H and O–H groups in total. The van der Waals surface area contributed by atoms with Crippen LogP contribution in [-0.2, 0) is 11.3 Å². The summed E-state index contributed by atoms with van der Waals surface area (Å²) in [5.41, 5.74) is 0.819. The summed E-state index contributed by atoms with van der Waals surface area (Å²) in [4.78, 5) is 19.6. The van der Waals surface area contributed by atoms with Crippen molar-refractivity contribution in [1.82, 2.24) is 9.55 Å².